The molecule has 1 N–H and O–H groups in total. The topological polar surface area (TPSA) is 47.6 Å². The highest BCUT2D eigenvalue weighted by molar-refractivity contribution is 6.58. The summed E-state index contributed by atoms with van der Waals surface area (Å²) in [6.45, 7) is 5.50. The van der Waals surface area contributed by atoms with Gasteiger partial charge < -0.3 is 14.8 Å². The van der Waals surface area contributed by atoms with Crippen LogP contribution in [0, 0.1) is 0 Å². The molecule has 0 heterocycles. The predicted octanol–water partition coefficient (Wildman–Crippen LogP) is 2.09. The Balaban J connectivity index is 3.57. The average Bonchev–Trinajstić information content (AvgIpc) is 2.22. The van der Waals surface area contributed by atoms with Crippen LogP contribution in [0.2, 0.25) is 0 Å². The van der Waals surface area contributed by atoms with E-state index in [-0.39, 0.29) is 6.73 Å². The smallest absolute Gasteiger partial charge is 0.258 e. The maximum Gasteiger partial charge on any atom is 0.258 e. The van der Waals surface area contributed by atoms with E-state index in [0.717, 1.165) is 6.42 Å². The predicted molar refractivity (Wildman–Crippen MR) is 64.8 cm³/mol. The summed E-state index contributed by atoms with van der Waals surface area (Å²) in [5.74, 6) is -0.422. The monoisotopic (exact) mass is 271 g/mol. The molecule has 0 bridgehead atoms. The van der Waals surface area contributed by atoms with E-state index in [2.05, 4.69) is 5.32 Å². The Kier molecular flexibility index (Phi) is 9.03. The molecule has 0 spiro atoms. The summed E-state index contributed by atoms with van der Waals surface area (Å²) in [7, 11) is 0. The fraction of sp³-hybridized carbons (Fsp3) is 0.900. The Bertz CT molecular complexity index is 201. The average molecular weight is 272 g/mol. The lowest BCUT2D eigenvalue weighted by Gasteiger charge is -2.17. The third-order valence-electron chi connectivity index (χ3n) is 1.81. The second-order valence-corrected chi connectivity index (χ2v) is 4.69. The van der Waals surface area contributed by atoms with Crippen LogP contribution in [0.1, 0.15) is 26.7 Å². The molecule has 0 rings (SSSR count). The van der Waals surface area contributed by atoms with Gasteiger partial charge in [0, 0.05) is 6.61 Å². The van der Waals surface area contributed by atoms with Gasteiger partial charge in [-0.15, -0.1) is 0 Å². The minimum Gasteiger partial charge on any atom is -0.379 e. The quantitative estimate of drug-likeness (QED) is 0.397. The molecular weight excluding hydrogens is 253 g/mol. The first kappa shape index (κ1) is 16.0. The van der Waals surface area contributed by atoms with Crippen molar-refractivity contribution < 1.29 is 14.3 Å². The van der Waals surface area contributed by atoms with Crippen molar-refractivity contribution in [1.29, 1.82) is 0 Å². The number of carbonyl (C=O) groups is 1. The van der Waals surface area contributed by atoms with Crippen molar-refractivity contribution in [3.05, 3.63) is 0 Å². The molecule has 0 unspecified atom stereocenters. The fourth-order valence-electron chi connectivity index (χ4n) is 1.01. The van der Waals surface area contributed by atoms with Gasteiger partial charge >= 0.3 is 0 Å². The molecule has 0 aliphatic rings. The normalized spacial score (nSPS) is 11.5. The van der Waals surface area contributed by atoms with Crippen LogP contribution in [0.5, 0.6) is 0 Å². The molecule has 0 aromatic rings. The number of rotatable bonds is 9. The third-order valence-corrected chi connectivity index (χ3v) is 2.53. The Morgan fingerprint density at radius 2 is 1.88 bits per heavy atom. The van der Waals surface area contributed by atoms with E-state index in [1.54, 1.807) is 0 Å². The first-order valence-corrected chi connectivity index (χ1v) is 6.11. The standard InChI is InChI=1S/C10H19Cl2NO3/c1-3-5-10(11,12)9(14)13-8-16-7-6-15-4-2/h3-8H2,1-2H3,(H,13,14). The molecule has 0 fully saturated rings. The van der Waals surface area contributed by atoms with Crippen molar-refractivity contribution in [2.75, 3.05) is 26.6 Å². The van der Waals surface area contributed by atoms with Crippen LogP contribution >= 0.6 is 23.2 Å². The SMILES string of the molecule is CCCC(Cl)(Cl)C(=O)NCOCCOCC. The van der Waals surface area contributed by atoms with Crippen molar-refractivity contribution in [2.45, 2.75) is 31.0 Å². The molecule has 4 nitrogen and oxygen atoms in total. The minimum atomic E-state index is -1.36. The molecule has 0 saturated heterocycles. The second-order valence-electron chi connectivity index (χ2n) is 3.21. The number of amides is 1. The number of hydrogen-bond donors (Lipinski definition) is 1. The van der Waals surface area contributed by atoms with E-state index >= 15 is 0 Å². The van der Waals surface area contributed by atoms with Gasteiger partial charge in [0.1, 0.15) is 6.73 Å². The highest BCUT2D eigenvalue weighted by atomic mass is 35.5. The van der Waals surface area contributed by atoms with E-state index in [1.165, 1.54) is 0 Å². The minimum absolute atomic E-state index is 0.0941. The van der Waals surface area contributed by atoms with Crippen molar-refractivity contribution >= 4 is 29.1 Å². The number of hydrogen-bond acceptors (Lipinski definition) is 3. The van der Waals surface area contributed by atoms with Crippen LogP contribution in [-0.4, -0.2) is 36.8 Å². The molecule has 6 heteroatoms. The lowest BCUT2D eigenvalue weighted by Crippen LogP contribution is -2.39. The molecule has 0 aromatic heterocycles. The van der Waals surface area contributed by atoms with Crippen molar-refractivity contribution in [2.24, 2.45) is 0 Å². The Morgan fingerprint density at radius 1 is 1.25 bits per heavy atom. The van der Waals surface area contributed by atoms with E-state index in [1.807, 2.05) is 13.8 Å². The van der Waals surface area contributed by atoms with Gasteiger partial charge in [-0.2, -0.15) is 0 Å². The fourth-order valence-corrected chi connectivity index (χ4v) is 1.52. The zero-order chi connectivity index (χ0) is 12.4. The van der Waals surface area contributed by atoms with Crippen LogP contribution in [0.4, 0.5) is 0 Å². The van der Waals surface area contributed by atoms with Gasteiger partial charge in [0.05, 0.1) is 13.2 Å². The molecule has 16 heavy (non-hydrogen) atoms. The van der Waals surface area contributed by atoms with Gasteiger partial charge in [0.2, 0.25) is 0 Å². The van der Waals surface area contributed by atoms with Gasteiger partial charge in [0.15, 0.2) is 4.33 Å². The maximum atomic E-state index is 11.5. The molecular formula is C10H19Cl2NO3. The highest BCUT2D eigenvalue weighted by Crippen LogP contribution is 2.26. The van der Waals surface area contributed by atoms with Crippen LogP contribution < -0.4 is 5.32 Å². The molecule has 0 radical (unpaired) electrons. The largest absolute Gasteiger partial charge is 0.379 e. The van der Waals surface area contributed by atoms with E-state index in [0.29, 0.717) is 26.2 Å². The summed E-state index contributed by atoms with van der Waals surface area (Å²) in [6.07, 6.45) is 1.16. The zero-order valence-electron chi connectivity index (χ0n) is 9.72. The Morgan fingerprint density at radius 3 is 2.44 bits per heavy atom. The summed E-state index contributed by atoms with van der Waals surface area (Å²) in [5.41, 5.74) is 0. The first-order chi connectivity index (χ1) is 7.54. The van der Waals surface area contributed by atoms with E-state index < -0.39 is 10.2 Å². The van der Waals surface area contributed by atoms with Crippen molar-refractivity contribution in [3.8, 4) is 0 Å². The highest BCUT2D eigenvalue weighted by Gasteiger charge is 2.32. The maximum absolute atomic E-state index is 11.5. The lowest BCUT2D eigenvalue weighted by atomic mass is 10.2. The molecule has 0 aliphatic heterocycles. The lowest BCUT2D eigenvalue weighted by molar-refractivity contribution is -0.123. The molecule has 0 aliphatic carbocycles. The zero-order valence-corrected chi connectivity index (χ0v) is 11.2. The first-order valence-electron chi connectivity index (χ1n) is 5.36. The summed E-state index contributed by atoms with van der Waals surface area (Å²) in [5, 5.41) is 2.50. The van der Waals surface area contributed by atoms with Gasteiger partial charge in [0.25, 0.3) is 5.91 Å². The Labute approximate surface area is 107 Å². The molecule has 0 atom stereocenters. The van der Waals surface area contributed by atoms with Crippen LogP contribution in [0.25, 0.3) is 0 Å². The number of nitrogens with one attached hydrogen (secondary N) is 1. The van der Waals surface area contributed by atoms with Gasteiger partial charge in [-0.05, 0) is 13.3 Å². The van der Waals surface area contributed by atoms with Crippen LogP contribution in [0.3, 0.4) is 0 Å². The molecule has 96 valence electrons. The van der Waals surface area contributed by atoms with Gasteiger partial charge in [-0.25, -0.2) is 0 Å². The van der Waals surface area contributed by atoms with Gasteiger partial charge in [-0.1, -0.05) is 36.5 Å². The Hall–Kier alpha value is -0.0300. The van der Waals surface area contributed by atoms with E-state index in [4.69, 9.17) is 32.7 Å². The molecule has 0 saturated carbocycles. The number of alkyl halides is 2. The summed E-state index contributed by atoms with van der Waals surface area (Å²) in [4.78, 5) is 11.5. The van der Waals surface area contributed by atoms with Crippen molar-refractivity contribution in [3.63, 3.8) is 0 Å². The second kappa shape index (κ2) is 9.05. The summed E-state index contributed by atoms with van der Waals surface area (Å²) in [6, 6.07) is 0. The number of carbonyl (C=O) groups excluding carboxylic acids is 1. The van der Waals surface area contributed by atoms with Gasteiger partial charge in [-0.3, -0.25) is 4.79 Å². The van der Waals surface area contributed by atoms with Crippen molar-refractivity contribution in [1.82, 2.24) is 5.32 Å². The summed E-state index contributed by atoms with van der Waals surface area (Å²) < 4.78 is 8.80. The van der Waals surface area contributed by atoms with Crippen LogP contribution in [0.15, 0.2) is 0 Å². The van der Waals surface area contributed by atoms with E-state index in [9.17, 15) is 4.79 Å². The number of halogens is 2. The summed E-state index contributed by atoms with van der Waals surface area (Å²) >= 11 is 11.6. The third kappa shape index (κ3) is 7.28. The molecule has 0 aromatic carbocycles. The van der Waals surface area contributed by atoms with Crippen LogP contribution in [-0.2, 0) is 14.3 Å². The number of ether oxygens (including phenoxy) is 2. The molecule has 1 amide bonds.